The lowest BCUT2D eigenvalue weighted by molar-refractivity contribution is 0.214. The van der Waals surface area contributed by atoms with Gasteiger partial charge in [0.15, 0.2) is 16.7 Å². The molecule has 0 radical (unpaired) electrons. The van der Waals surface area contributed by atoms with Crippen molar-refractivity contribution >= 4 is 40.0 Å². The van der Waals surface area contributed by atoms with Gasteiger partial charge in [0, 0.05) is 16.9 Å². The minimum absolute atomic E-state index is 0.380. The van der Waals surface area contributed by atoms with E-state index in [9.17, 15) is 0 Å². The zero-order valence-electron chi connectivity index (χ0n) is 6.22. The standard InChI is InChI=1S/C5H6N4OS2/c1-10-8-3(2-11)4-7-5(6)12-9-4/h2H,1H3,(H2,6,7,9). The van der Waals surface area contributed by atoms with Gasteiger partial charge in [-0.2, -0.15) is 9.36 Å². The van der Waals surface area contributed by atoms with E-state index in [4.69, 9.17) is 5.73 Å². The third kappa shape index (κ3) is 1.95. The van der Waals surface area contributed by atoms with Gasteiger partial charge in [0.1, 0.15) is 7.11 Å². The molecule has 0 aliphatic rings. The molecule has 0 unspecified atom stereocenters. The van der Waals surface area contributed by atoms with Crippen LogP contribution in [0.4, 0.5) is 5.13 Å². The summed E-state index contributed by atoms with van der Waals surface area (Å²) >= 11 is 5.77. The molecular formula is C5H6N4OS2. The molecule has 0 aliphatic heterocycles. The Morgan fingerprint density at radius 1 is 1.83 bits per heavy atom. The first kappa shape index (κ1) is 9.01. The van der Waals surface area contributed by atoms with Crippen molar-refractivity contribution in [2.45, 2.75) is 0 Å². The second-order valence-corrected chi connectivity index (χ2v) is 2.75. The lowest BCUT2D eigenvalue weighted by Crippen LogP contribution is -2.04. The number of thiocarbonyl (C=S) groups is 1. The second-order valence-electron chi connectivity index (χ2n) is 1.73. The van der Waals surface area contributed by atoms with Gasteiger partial charge in [0.25, 0.3) is 0 Å². The Labute approximate surface area is 78.4 Å². The maximum absolute atomic E-state index is 5.37. The smallest absolute Gasteiger partial charge is 0.200 e. The Bertz CT molecular complexity index is 308. The van der Waals surface area contributed by atoms with E-state index in [2.05, 4.69) is 31.6 Å². The fourth-order valence-corrected chi connectivity index (χ4v) is 1.14. The minimum atomic E-state index is 0.380. The molecule has 0 spiro atoms. The average molecular weight is 202 g/mol. The van der Waals surface area contributed by atoms with E-state index in [1.807, 2.05) is 0 Å². The first-order valence-corrected chi connectivity index (χ1v) is 4.18. The summed E-state index contributed by atoms with van der Waals surface area (Å²) in [5, 5.41) is 5.33. The summed E-state index contributed by atoms with van der Waals surface area (Å²) in [5.41, 5.74) is 5.77. The van der Waals surface area contributed by atoms with Crippen LogP contribution >= 0.6 is 23.8 Å². The number of nitrogens with zero attached hydrogens (tertiary/aromatic N) is 3. The van der Waals surface area contributed by atoms with Crippen molar-refractivity contribution in [1.82, 2.24) is 9.36 Å². The van der Waals surface area contributed by atoms with Crippen molar-refractivity contribution in [2.24, 2.45) is 5.16 Å². The highest BCUT2D eigenvalue weighted by Crippen LogP contribution is 2.05. The van der Waals surface area contributed by atoms with Gasteiger partial charge in [0.2, 0.25) is 0 Å². The lowest BCUT2D eigenvalue weighted by atomic mass is 10.4. The summed E-state index contributed by atoms with van der Waals surface area (Å²) in [6.45, 7) is 0. The topological polar surface area (TPSA) is 73.4 Å². The molecule has 0 fully saturated rings. The number of oxime groups is 1. The number of rotatable bonds is 3. The monoisotopic (exact) mass is 202 g/mol. The molecule has 1 heterocycles. The quantitative estimate of drug-likeness (QED) is 0.438. The van der Waals surface area contributed by atoms with Gasteiger partial charge in [-0.3, -0.25) is 0 Å². The van der Waals surface area contributed by atoms with Gasteiger partial charge < -0.3 is 10.6 Å². The molecule has 12 heavy (non-hydrogen) atoms. The van der Waals surface area contributed by atoms with Crippen LogP contribution in [-0.2, 0) is 4.84 Å². The largest absolute Gasteiger partial charge is 0.399 e. The van der Waals surface area contributed by atoms with Crippen molar-refractivity contribution in [3.05, 3.63) is 5.82 Å². The minimum Gasteiger partial charge on any atom is -0.399 e. The highest BCUT2D eigenvalue weighted by molar-refractivity contribution is 7.80. The lowest BCUT2D eigenvalue weighted by Gasteiger charge is -1.90. The Morgan fingerprint density at radius 3 is 3.00 bits per heavy atom. The zero-order valence-corrected chi connectivity index (χ0v) is 7.85. The van der Waals surface area contributed by atoms with Crippen molar-refractivity contribution in [1.29, 1.82) is 0 Å². The maximum atomic E-state index is 5.37. The molecule has 1 aromatic heterocycles. The van der Waals surface area contributed by atoms with Crippen LogP contribution < -0.4 is 5.73 Å². The van der Waals surface area contributed by atoms with Crippen LogP contribution in [0.15, 0.2) is 5.16 Å². The molecule has 0 saturated carbocycles. The molecule has 0 atom stereocenters. The highest BCUT2D eigenvalue weighted by atomic mass is 32.1. The van der Waals surface area contributed by atoms with Gasteiger partial charge in [0.05, 0.1) is 0 Å². The first-order valence-electron chi connectivity index (χ1n) is 2.94. The van der Waals surface area contributed by atoms with E-state index in [0.29, 0.717) is 16.7 Å². The van der Waals surface area contributed by atoms with E-state index in [-0.39, 0.29) is 0 Å². The molecule has 7 heteroatoms. The van der Waals surface area contributed by atoms with Gasteiger partial charge in [-0.25, -0.2) is 0 Å². The van der Waals surface area contributed by atoms with Crippen LogP contribution in [0.2, 0.25) is 0 Å². The van der Waals surface area contributed by atoms with Gasteiger partial charge >= 0.3 is 0 Å². The Balaban J connectivity index is 2.94. The molecular weight excluding hydrogens is 196 g/mol. The summed E-state index contributed by atoms with van der Waals surface area (Å²) in [7, 11) is 1.43. The predicted octanol–water partition coefficient (Wildman–Crippen LogP) is 0.471. The molecule has 0 amide bonds. The highest BCUT2D eigenvalue weighted by Gasteiger charge is 2.06. The number of nitrogens with two attached hydrogens (primary N) is 1. The third-order valence-corrected chi connectivity index (χ3v) is 1.74. The number of anilines is 1. The van der Waals surface area contributed by atoms with Crippen LogP contribution in [0.5, 0.6) is 0 Å². The number of hydrogen-bond acceptors (Lipinski definition) is 7. The molecule has 0 bridgehead atoms. The zero-order chi connectivity index (χ0) is 8.97. The molecule has 5 nitrogen and oxygen atoms in total. The van der Waals surface area contributed by atoms with Gasteiger partial charge in [-0.15, -0.1) is 0 Å². The van der Waals surface area contributed by atoms with E-state index < -0.39 is 0 Å². The molecule has 1 rings (SSSR count). The van der Waals surface area contributed by atoms with E-state index >= 15 is 0 Å². The molecule has 0 saturated heterocycles. The molecule has 64 valence electrons. The Kier molecular flexibility index (Phi) is 3.06. The molecule has 2 N–H and O–H groups in total. The van der Waals surface area contributed by atoms with Gasteiger partial charge in [-0.05, 0) is 0 Å². The third-order valence-electron chi connectivity index (χ3n) is 0.972. The molecule has 0 aromatic carbocycles. The van der Waals surface area contributed by atoms with Crippen LogP contribution in [0, 0.1) is 0 Å². The van der Waals surface area contributed by atoms with Crippen LogP contribution in [0.1, 0.15) is 5.82 Å². The van der Waals surface area contributed by atoms with Crippen molar-refractivity contribution < 1.29 is 4.84 Å². The number of hydrogen-bond donors (Lipinski definition) is 1. The average Bonchev–Trinajstić information content (AvgIpc) is 2.47. The van der Waals surface area contributed by atoms with Crippen molar-refractivity contribution in [3.63, 3.8) is 0 Å². The van der Waals surface area contributed by atoms with Crippen molar-refractivity contribution in [3.8, 4) is 0 Å². The van der Waals surface area contributed by atoms with E-state index in [0.717, 1.165) is 11.5 Å². The predicted molar refractivity (Wildman–Crippen MR) is 51.5 cm³/mol. The van der Waals surface area contributed by atoms with E-state index in [1.54, 1.807) is 0 Å². The van der Waals surface area contributed by atoms with Crippen LogP contribution in [0.25, 0.3) is 0 Å². The van der Waals surface area contributed by atoms with E-state index in [1.165, 1.54) is 12.5 Å². The summed E-state index contributed by atoms with van der Waals surface area (Å²) in [6.07, 6.45) is 0. The summed E-state index contributed by atoms with van der Waals surface area (Å²) in [6, 6.07) is 0. The van der Waals surface area contributed by atoms with Crippen LogP contribution in [0.3, 0.4) is 0 Å². The fourth-order valence-electron chi connectivity index (χ4n) is 0.553. The first-order chi connectivity index (χ1) is 5.77. The Morgan fingerprint density at radius 2 is 2.58 bits per heavy atom. The summed E-state index contributed by atoms with van der Waals surface area (Å²) < 4.78 is 3.90. The second kappa shape index (κ2) is 4.07. The summed E-state index contributed by atoms with van der Waals surface area (Å²) in [5.74, 6) is 0.398. The summed E-state index contributed by atoms with van der Waals surface area (Å²) in [4.78, 5) is 8.41. The van der Waals surface area contributed by atoms with Crippen LogP contribution in [-0.4, -0.2) is 27.5 Å². The number of nitrogen functional groups attached to an aromatic ring is 1. The molecule has 1 aromatic rings. The maximum Gasteiger partial charge on any atom is 0.200 e. The van der Waals surface area contributed by atoms with Gasteiger partial charge in [-0.1, -0.05) is 17.4 Å². The van der Waals surface area contributed by atoms with Crippen molar-refractivity contribution in [2.75, 3.05) is 12.8 Å². The Hall–Kier alpha value is -1.08. The SMILES string of the molecule is CON=C(C=S)c1nsc(N)n1. The normalized spacial score (nSPS) is 11.2. The molecule has 0 aliphatic carbocycles. The number of aromatic nitrogens is 2. The fraction of sp³-hybridized carbons (Fsp3) is 0.200.